The number of benzene rings is 4. The molecule has 8 heteroatoms. The summed E-state index contributed by atoms with van der Waals surface area (Å²) in [4.78, 5) is 15.1. The summed E-state index contributed by atoms with van der Waals surface area (Å²) >= 11 is 6.09. The van der Waals surface area contributed by atoms with Crippen LogP contribution >= 0.6 is 11.6 Å². The number of carbonyl (C=O) groups is 1. The van der Waals surface area contributed by atoms with Gasteiger partial charge in [0.15, 0.2) is 9.84 Å². The van der Waals surface area contributed by atoms with E-state index in [-0.39, 0.29) is 17.4 Å². The van der Waals surface area contributed by atoms with E-state index in [4.69, 9.17) is 11.6 Å². The molecule has 1 fully saturated rings. The number of amides is 1. The zero-order chi connectivity index (χ0) is 28.8. The SMILES string of the molecule is Cc1ccc(CNCc2cccc(Cl)c2)cc1-c1ccc(C(=O)Nc2ccc(CN3CCS(=O)(=O)CC3)cc2)cc1. The molecule has 0 radical (unpaired) electrons. The largest absolute Gasteiger partial charge is 0.322 e. The molecule has 1 aliphatic heterocycles. The van der Waals surface area contributed by atoms with E-state index in [1.165, 1.54) is 11.1 Å². The van der Waals surface area contributed by atoms with Gasteiger partial charge in [-0.3, -0.25) is 9.69 Å². The molecule has 0 aromatic heterocycles. The van der Waals surface area contributed by atoms with Gasteiger partial charge in [0.1, 0.15) is 0 Å². The third kappa shape index (κ3) is 8.05. The van der Waals surface area contributed by atoms with E-state index in [0.29, 0.717) is 25.2 Å². The summed E-state index contributed by atoms with van der Waals surface area (Å²) in [5, 5.41) is 7.19. The molecule has 0 spiro atoms. The maximum absolute atomic E-state index is 12.9. The predicted octanol–water partition coefficient (Wildman–Crippen LogP) is 6.09. The first-order valence-corrected chi connectivity index (χ1v) is 15.9. The minimum atomic E-state index is -2.89. The van der Waals surface area contributed by atoms with Gasteiger partial charge in [-0.05, 0) is 82.8 Å². The number of carbonyl (C=O) groups excluding carboxylic acids is 1. The number of nitrogens with one attached hydrogen (secondary N) is 2. The van der Waals surface area contributed by atoms with Crippen molar-refractivity contribution < 1.29 is 13.2 Å². The molecule has 1 aliphatic rings. The highest BCUT2D eigenvalue weighted by Gasteiger charge is 2.21. The van der Waals surface area contributed by atoms with Crippen LogP contribution in [0.2, 0.25) is 5.02 Å². The molecule has 1 saturated heterocycles. The van der Waals surface area contributed by atoms with Gasteiger partial charge in [0.25, 0.3) is 5.91 Å². The van der Waals surface area contributed by atoms with E-state index in [1.54, 1.807) is 0 Å². The fourth-order valence-electron chi connectivity index (χ4n) is 4.95. The van der Waals surface area contributed by atoms with Crippen molar-refractivity contribution in [1.82, 2.24) is 10.2 Å². The Morgan fingerprint density at radius 2 is 1.49 bits per heavy atom. The Labute approximate surface area is 247 Å². The van der Waals surface area contributed by atoms with E-state index in [9.17, 15) is 13.2 Å². The van der Waals surface area contributed by atoms with Crippen LogP contribution in [0.1, 0.15) is 32.6 Å². The van der Waals surface area contributed by atoms with Crippen molar-refractivity contribution in [3.05, 3.63) is 124 Å². The molecular formula is C33H34ClN3O3S. The summed E-state index contributed by atoms with van der Waals surface area (Å²) in [6, 6.07) is 29.7. The van der Waals surface area contributed by atoms with Crippen molar-refractivity contribution in [3.63, 3.8) is 0 Å². The van der Waals surface area contributed by atoms with E-state index in [0.717, 1.165) is 46.1 Å². The third-order valence-corrected chi connectivity index (χ3v) is 9.21. The average molecular weight is 588 g/mol. The van der Waals surface area contributed by atoms with E-state index in [1.807, 2.05) is 66.7 Å². The van der Waals surface area contributed by atoms with Crippen LogP contribution in [0, 0.1) is 6.92 Å². The fourth-order valence-corrected chi connectivity index (χ4v) is 6.44. The highest BCUT2D eigenvalue weighted by Crippen LogP contribution is 2.26. The van der Waals surface area contributed by atoms with Gasteiger partial charge < -0.3 is 10.6 Å². The lowest BCUT2D eigenvalue weighted by molar-refractivity contribution is 0.102. The van der Waals surface area contributed by atoms with Gasteiger partial charge in [0.2, 0.25) is 0 Å². The maximum atomic E-state index is 12.9. The summed E-state index contributed by atoms with van der Waals surface area (Å²) in [5.41, 5.74) is 8.10. The highest BCUT2D eigenvalue weighted by atomic mass is 35.5. The Hall–Kier alpha value is -3.49. The van der Waals surface area contributed by atoms with Crippen molar-refractivity contribution in [1.29, 1.82) is 0 Å². The number of hydrogen-bond acceptors (Lipinski definition) is 5. The Morgan fingerprint density at radius 1 is 0.829 bits per heavy atom. The minimum absolute atomic E-state index is 0.166. The quantitative estimate of drug-likeness (QED) is 0.248. The molecule has 4 aromatic rings. The van der Waals surface area contributed by atoms with Crippen molar-refractivity contribution in [2.45, 2.75) is 26.6 Å². The van der Waals surface area contributed by atoms with Gasteiger partial charge in [-0.15, -0.1) is 0 Å². The third-order valence-electron chi connectivity index (χ3n) is 7.36. The Bertz CT molecular complexity index is 1610. The molecule has 0 saturated carbocycles. The number of anilines is 1. The molecule has 0 bridgehead atoms. The molecule has 2 N–H and O–H groups in total. The lowest BCUT2D eigenvalue weighted by atomic mass is 9.97. The van der Waals surface area contributed by atoms with Crippen LogP contribution in [0.25, 0.3) is 11.1 Å². The Balaban J connectivity index is 1.16. The predicted molar refractivity (Wildman–Crippen MR) is 167 cm³/mol. The first-order valence-electron chi connectivity index (χ1n) is 13.7. The van der Waals surface area contributed by atoms with Crippen LogP contribution in [0.5, 0.6) is 0 Å². The molecule has 212 valence electrons. The van der Waals surface area contributed by atoms with Crippen molar-refractivity contribution in [2.24, 2.45) is 0 Å². The van der Waals surface area contributed by atoms with Crippen molar-refractivity contribution in [3.8, 4) is 11.1 Å². The molecular weight excluding hydrogens is 554 g/mol. The van der Waals surface area contributed by atoms with Gasteiger partial charge in [-0.1, -0.05) is 60.1 Å². The normalized spacial score (nSPS) is 15.0. The van der Waals surface area contributed by atoms with Crippen LogP contribution < -0.4 is 10.6 Å². The van der Waals surface area contributed by atoms with Gasteiger partial charge in [0, 0.05) is 49.0 Å². The number of aryl methyl sites for hydroxylation is 1. The van der Waals surface area contributed by atoms with E-state index < -0.39 is 9.84 Å². The summed E-state index contributed by atoms with van der Waals surface area (Å²) in [5.74, 6) is 0.265. The molecule has 0 aliphatic carbocycles. The lowest BCUT2D eigenvalue weighted by Gasteiger charge is -2.26. The first kappa shape index (κ1) is 29.0. The van der Waals surface area contributed by atoms with Crippen LogP contribution in [0.4, 0.5) is 5.69 Å². The summed E-state index contributed by atoms with van der Waals surface area (Å²) in [6.07, 6.45) is 0. The van der Waals surface area contributed by atoms with Crippen molar-refractivity contribution >= 4 is 33.0 Å². The number of sulfone groups is 1. The van der Waals surface area contributed by atoms with Crippen LogP contribution in [0.15, 0.2) is 91.0 Å². The molecule has 41 heavy (non-hydrogen) atoms. The lowest BCUT2D eigenvalue weighted by Crippen LogP contribution is -2.39. The van der Waals surface area contributed by atoms with E-state index >= 15 is 0 Å². The van der Waals surface area contributed by atoms with Gasteiger partial charge in [0.05, 0.1) is 11.5 Å². The zero-order valence-electron chi connectivity index (χ0n) is 23.1. The summed E-state index contributed by atoms with van der Waals surface area (Å²) in [6.45, 7) is 5.38. The topological polar surface area (TPSA) is 78.5 Å². The minimum Gasteiger partial charge on any atom is -0.322 e. The van der Waals surface area contributed by atoms with Crippen molar-refractivity contribution in [2.75, 3.05) is 29.9 Å². The number of nitrogens with zero attached hydrogens (tertiary/aromatic N) is 1. The molecule has 4 aromatic carbocycles. The Morgan fingerprint density at radius 3 is 2.17 bits per heavy atom. The monoisotopic (exact) mass is 587 g/mol. The number of rotatable bonds is 9. The Kier molecular flexibility index (Phi) is 9.20. The van der Waals surface area contributed by atoms with Crippen LogP contribution in [0.3, 0.4) is 0 Å². The maximum Gasteiger partial charge on any atom is 0.255 e. The molecule has 5 rings (SSSR count). The molecule has 1 amide bonds. The number of halogens is 1. The first-order chi connectivity index (χ1) is 19.7. The molecule has 6 nitrogen and oxygen atoms in total. The standard InChI is InChI=1S/C33H34ClN3O3S/c1-24-5-6-27(22-35-21-26-3-2-4-30(34)19-26)20-32(24)28-9-11-29(12-10-28)33(38)36-31-13-7-25(8-14-31)23-37-15-17-41(39,40)18-16-37/h2-14,19-20,35H,15-18,21-23H2,1H3,(H,36,38). The zero-order valence-corrected chi connectivity index (χ0v) is 24.6. The second kappa shape index (κ2) is 13.0. The molecule has 0 unspecified atom stereocenters. The second-order valence-electron chi connectivity index (χ2n) is 10.5. The molecule has 1 heterocycles. The smallest absolute Gasteiger partial charge is 0.255 e. The average Bonchev–Trinajstić information content (AvgIpc) is 2.96. The summed E-state index contributed by atoms with van der Waals surface area (Å²) in [7, 11) is -2.89. The molecule has 0 atom stereocenters. The van der Waals surface area contributed by atoms with Crippen LogP contribution in [-0.2, 0) is 29.5 Å². The fraction of sp³-hybridized carbons (Fsp3) is 0.242. The number of hydrogen-bond donors (Lipinski definition) is 2. The van der Waals surface area contributed by atoms with Gasteiger partial charge in [-0.2, -0.15) is 0 Å². The summed E-state index contributed by atoms with van der Waals surface area (Å²) < 4.78 is 23.3. The van der Waals surface area contributed by atoms with Gasteiger partial charge >= 0.3 is 0 Å². The van der Waals surface area contributed by atoms with Gasteiger partial charge in [-0.25, -0.2) is 8.42 Å². The van der Waals surface area contributed by atoms with E-state index in [2.05, 4.69) is 46.7 Å². The second-order valence-corrected chi connectivity index (χ2v) is 13.3. The van der Waals surface area contributed by atoms with Crippen LogP contribution in [-0.4, -0.2) is 43.8 Å². The highest BCUT2D eigenvalue weighted by molar-refractivity contribution is 7.91.